The molecular weight excluding hydrogens is 240 g/mol. The number of rotatable bonds is 4. The zero-order chi connectivity index (χ0) is 12.4. The average Bonchev–Trinajstić information content (AvgIpc) is 3.06. The highest BCUT2D eigenvalue weighted by atomic mass is 32.1. The Hall–Kier alpha value is -0.900. The third kappa shape index (κ3) is 2.30. The lowest BCUT2D eigenvalue weighted by Crippen LogP contribution is -2.41. The van der Waals surface area contributed by atoms with Gasteiger partial charge in [-0.25, -0.2) is 0 Å². The van der Waals surface area contributed by atoms with Gasteiger partial charge in [0.2, 0.25) is 0 Å². The Kier molecular flexibility index (Phi) is 3.64. The molecular formula is C15H20N2S. The third-order valence-electron chi connectivity index (χ3n) is 4.18. The van der Waals surface area contributed by atoms with Crippen LogP contribution < -0.4 is 11.3 Å². The Bertz CT molecular complexity index is 514. The Balaban J connectivity index is 1.81. The predicted molar refractivity (Wildman–Crippen MR) is 78.6 cm³/mol. The standard InChI is InChI=1S/C15H20N2S/c16-17-14(11-5-1-2-6-11)9-12-10-18-15-8-4-3-7-13(12)15/h3-4,7-8,10-11,14,17H,1-2,5-6,9,16H2. The van der Waals surface area contributed by atoms with E-state index in [0.717, 1.165) is 12.3 Å². The fraction of sp³-hybridized carbons (Fsp3) is 0.467. The summed E-state index contributed by atoms with van der Waals surface area (Å²) in [4.78, 5) is 0. The minimum atomic E-state index is 0.436. The zero-order valence-electron chi connectivity index (χ0n) is 10.6. The van der Waals surface area contributed by atoms with E-state index >= 15 is 0 Å². The summed E-state index contributed by atoms with van der Waals surface area (Å²) >= 11 is 1.84. The molecule has 1 fully saturated rings. The van der Waals surface area contributed by atoms with Crippen LogP contribution in [0.5, 0.6) is 0 Å². The van der Waals surface area contributed by atoms with Crippen LogP contribution in [0.15, 0.2) is 29.6 Å². The Morgan fingerprint density at radius 2 is 2.06 bits per heavy atom. The fourth-order valence-corrected chi connectivity index (χ4v) is 4.12. The van der Waals surface area contributed by atoms with Gasteiger partial charge in [-0.05, 0) is 47.6 Å². The molecule has 3 heteroatoms. The molecule has 3 N–H and O–H groups in total. The molecule has 0 aliphatic heterocycles. The van der Waals surface area contributed by atoms with Crippen molar-refractivity contribution in [3.05, 3.63) is 35.2 Å². The van der Waals surface area contributed by atoms with Crippen LogP contribution >= 0.6 is 11.3 Å². The summed E-state index contributed by atoms with van der Waals surface area (Å²) in [5.41, 5.74) is 4.50. The van der Waals surface area contributed by atoms with Crippen LogP contribution in [-0.2, 0) is 6.42 Å². The van der Waals surface area contributed by atoms with Crippen molar-refractivity contribution in [3.63, 3.8) is 0 Å². The van der Waals surface area contributed by atoms with E-state index in [9.17, 15) is 0 Å². The Labute approximate surface area is 112 Å². The lowest BCUT2D eigenvalue weighted by molar-refractivity contribution is 0.362. The van der Waals surface area contributed by atoms with Gasteiger partial charge in [0.05, 0.1) is 0 Å². The minimum absolute atomic E-state index is 0.436. The van der Waals surface area contributed by atoms with Crippen LogP contribution in [0.3, 0.4) is 0 Å². The highest BCUT2D eigenvalue weighted by Crippen LogP contribution is 2.32. The van der Waals surface area contributed by atoms with Gasteiger partial charge in [0.15, 0.2) is 0 Å². The number of fused-ring (bicyclic) bond motifs is 1. The van der Waals surface area contributed by atoms with E-state index in [0.29, 0.717) is 6.04 Å². The third-order valence-corrected chi connectivity index (χ3v) is 5.20. The maximum absolute atomic E-state index is 5.77. The Morgan fingerprint density at radius 1 is 1.28 bits per heavy atom. The van der Waals surface area contributed by atoms with Gasteiger partial charge in [-0.1, -0.05) is 31.0 Å². The molecule has 0 amide bonds. The van der Waals surface area contributed by atoms with Gasteiger partial charge in [0.1, 0.15) is 0 Å². The molecule has 0 spiro atoms. The summed E-state index contributed by atoms with van der Waals surface area (Å²) in [7, 11) is 0. The van der Waals surface area contributed by atoms with Gasteiger partial charge in [0.25, 0.3) is 0 Å². The number of benzene rings is 1. The van der Waals surface area contributed by atoms with E-state index in [1.54, 1.807) is 0 Å². The topological polar surface area (TPSA) is 38.0 Å². The van der Waals surface area contributed by atoms with E-state index in [-0.39, 0.29) is 0 Å². The van der Waals surface area contributed by atoms with E-state index in [2.05, 4.69) is 35.1 Å². The maximum atomic E-state index is 5.77. The van der Waals surface area contributed by atoms with Gasteiger partial charge >= 0.3 is 0 Å². The van der Waals surface area contributed by atoms with Crippen molar-refractivity contribution >= 4 is 21.4 Å². The molecule has 96 valence electrons. The van der Waals surface area contributed by atoms with Gasteiger partial charge < -0.3 is 0 Å². The zero-order valence-corrected chi connectivity index (χ0v) is 11.4. The van der Waals surface area contributed by atoms with Crippen molar-refractivity contribution in [1.82, 2.24) is 5.43 Å². The van der Waals surface area contributed by atoms with Crippen LogP contribution in [0, 0.1) is 5.92 Å². The van der Waals surface area contributed by atoms with Crippen molar-refractivity contribution in [2.45, 2.75) is 38.1 Å². The van der Waals surface area contributed by atoms with Crippen molar-refractivity contribution in [2.75, 3.05) is 0 Å². The molecule has 3 rings (SSSR count). The van der Waals surface area contributed by atoms with E-state index in [4.69, 9.17) is 5.84 Å². The number of thiophene rings is 1. The molecule has 0 radical (unpaired) electrons. The quantitative estimate of drug-likeness (QED) is 0.652. The van der Waals surface area contributed by atoms with Crippen LogP contribution in [0.1, 0.15) is 31.2 Å². The van der Waals surface area contributed by atoms with Gasteiger partial charge in [-0.15, -0.1) is 11.3 Å². The number of hydrazine groups is 1. The number of nitrogens with two attached hydrogens (primary N) is 1. The molecule has 0 bridgehead atoms. The molecule has 0 saturated heterocycles. The summed E-state index contributed by atoms with van der Waals surface area (Å²) < 4.78 is 1.38. The average molecular weight is 260 g/mol. The highest BCUT2D eigenvalue weighted by Gasteiger charge is 2.24. The molecule has 1 aromatic heterocycles. The van der Waals surface area contributed by atoms with Crippen molar-refractivity contribution in [2.24, 2.45) is 11.8 Å². The highest BCUT2D eigenvalue weighted by molar-refractivity contribution is 7.17. The van der Waals surface area contributed by atoms with Crippen LogP contribution in [0.2, 0.25) is 0 Å². The second-order valence-electron chi connectivity index (χ2n) is 5.28. The summed E-state index contributed by atoms with van der Waals surface area (Å²) in [6.07, 6.45) is 6.46. The lowest BCUT2D eigenvalue weighted by atomic mass is 9.92. The Morgan fingerprint density at radius 3 is 2.83 bits per heavy atom. The molecule has 1 aromatic carbocycles. The van der Waals surface area contributed by atoms with E-state index in [1.807, 2.05) is 11.3 Å². The molecule has 1 unspecified atom stereocenters. The van der Waals surface area contributed by atoms with E-state index < -0.39 is 0 Å². The van der Waals surface area contributed by atoms with Crippen molar-refractivity contribution in [3.8, 4) is 0 Å². The molecule has 1 aliphatic rings. The molecule has 1 atom stereocenters. The summed E-state index contributed by atoms with van der Waals surface area (Å²) in [5, 5.41) is 3.70. The number of nitrogens with one attached hydrogen (secondary N) is 1. The largest absolute Gasteiger partial charge is 0.271 e. The van der Waals surface area contributed by atoms with Gasteiger partial charge in [-0.2, -0.15) is 0 Å². The van der Waals surface area contributed by atoms with Crippen molar-refractivity contribution < 1.29 is 0 Å². The predicted octanol–water partition coefficient (Wildman–Crippen LogP) is 3.47. The second-order valence-corrected chi connectivity index (χ2v) is 6.19. The van der Waals surface area contributed by atoms with Gasteiger partial charge in [0, 0.05) is 10.7 Å². The van der Waals surface area contributed by atoms with E-state index in [1.165, 1.54) is 41.3 Å². The summed E-state index contributed by atoms with van der Waals surface area (Å²) in [6, 6.07) is 9.09. The summed E-state index contributed by atoms with van der Waals surface area (Å²) in [6.45, 7) is 0. The summed E-state index contributed by atoms with van der Waals surface area (Å²) in [5.74, 6) is 6.52. The molecule has 2 aromatic rings. The smallest absolute Gasteiger partial charge is 0.0345 e. The van der Waals surface area contributed by atoms with Crippen LogP contribution in [0.25, 0.3) is 10.1 Å². The monoisotopic (exact) mass is 260 g/mol. The van der Waals surface area contributed by atoms with Crippen molar-refractivity contribution in [1.29, 1.82) is 0 Å². The molecule has 18 heavy (non-hydrogen) atoms. The first-order valence-corrected chi connectivity index (χ1v) is 7.67. The fourth-order valence-electron chi connectivity index (χ4n) is 3.15. The van der Waals surface area contributed by atoms with Crippen LogP contribution in [0.4, 0.5) is 0 Å². The molecule has 1 aliphatic carbocycles. The normalized spacial score (nSPS) is 18.5. The molecule has 1 heterocycles. The minimum Gasteiger partial charge on any atom is -0.271 e. The SMILES string of the molecule is NNC(Cc1csc2ccccc12)C1CCCC1. The molecule has 2 nitrogen and oxygen atoms in total. The second kappa shape index (κ2) is 5.39. The number of hydrogen-bond donors (Lipinski definition) is 2. The first-order valence-electron chi connectivity index (χ1n) is 6.79. The molecule has 1 saturated carbocycles. The first-order chi connectivity index (χ1) is 8.88. The first kappa shape index (κ1) is 12.2. The lowest BCUT2D eigenvalue weighted by Gasteiger charge is -2.22. The maximum Gasteiger partial charge on any atom is 0.0345 e. The van der Waals surface area contributed by atoms with Gasteiger partial charge in [-0.3, -0.25) is 11.3 Å². The van der Waals surface area contributed by atoms with Crippen LogP contribution in [-0.4, -0.2) is 6.04 Å². The number of hydrogen-bond acceptors (Lipinski definition) is 3.